The number of unbranched alkanes of at least 4 members (excludes halogenated alkanes) is 1. The maximum absolute atomic E-state index is 10.6. The lowest BCUT2D eigenvalue weighted by Gasteiger charge is -2.05. The van der Waals surface area contributed by atoms with Gasteiger partial charge < -0.3 is 5.73 Å². The van der Waals surface area contributed by atoms with Crippen LogP contribution in [0.1, 0.15) is 19.8 Å². The number of nitrogens with one attached hydrogen (secondary N) is 1. The highest BCUT2D eigenvalue weighted by molar-refractivity contribution is 5.86. The van der Waals surface area contributed by atoms with Crippen LogP contribution in [-0.4, -0.2) is 15.8 Å². The van der Waals surface area contributed by atoms with Gasteiger partial charge in [-0.25, -0.2) is 9.48 Å². The number of hydrogen-bond acceptors (Lipinski definition) is 2. The third-order valence-electron chi connectivity index (χ3n) is 1.69. The van der Waals surface area contributed by atoms with Crippen molar-refractivity contribution in [2.45, 2.75) is 26.3 Å². The zero-order valence-corrected chi connectivity index (χ0v) is 7.66. The number of rotatable bonds is 4. The highest BCUT2D eigenvalue weighted by Crippen LogP contribution is 2.06. The minimum atomic E-state index is -0.557. The lowest BCUT2D eigenvalue weighted by molar-refractivity contribution is 0.259. The van der Waals surface area contributed by atoms with Crippen molar-refractivity contribution < 1.29 is 4.79 Å². The summed E-state index contributed by atoms with van der Waals surface area (Å²) in [4.78, 5) is 10.6. The second kappa shape index (κ2) is 4.49. The van der Waals surface area contributed by atoms with Gasteiger partial charge in [0.25, 0.3) is 0 Å². The molecule has 5 nitrogen and oxygen atoms in total. The van der Waals surface area contributed by atoms with Gasteiger partial charge in [0.1, 0.15) is 5.82 Å². The molecule has 0 atom stereocenters. The maximum atomic E-state index is 10.6. The average molecular weight is 182 g/mol. The molecule has 0 spiro atoms. The number of nitrogens with two attached hydrogens (primary N) is 1. The maximum Gasteiger partial charge on any atom is 0.317 e. The summed E-state index contributed by atoms with van der Waals surface area (Å²) in [5.41, 5.74) is 4.99. The van der Waals surface area contributed by atoms with E-state index in [9.17, 15) is 4.79 Å². The fraction of sp³-hybridized carbons (Fsp3) is 0.500. The van der Waals surface area contributed by atoms with E-state index in [0.29, 0.717) is 5.82 Å². The number of aromatic nitrogens is 2. The smallest absolute Gasteiger partial charge is 0.317 e. The molecule has 5 heteroatoms. The van der Waals surface area contributed by atoms with E-state index < -0.39 is 6.03 Å². The predicted molar refractivity (Wildman–Crippen MR) is 50.3 cm³/mol. The molecule has 1 rings (SSSR count). The summed E-state index contributed by atoms with van der Waals surface area (Å²) in [5, 5.41) is 6.55. The molecule has 3 N–H and O–H groups in total. The Labute approximate surface area is 76.9 Å². The van der Waals surface area contributed by atoms with Crippen molar-refractivity contribution in [3.05, 3.63) is 12.3 Å². The topological polar surface area (TPSA) is 72.9 Å². The van der Waals surface area contributed by atoms with E-state index in [0.717, 1.165) is 19.4 Å². The Kier molecular flexibility index (Phi) is 3.31. The Morgan fingerprint density at radius 1 is 1.77 bits per heavy atom. The standard InChI is InChI=1S/C8H14N4O/c1-2-3-6-12-7(4-5-10-12)11-8(9)13/h4-5H,2-3,6H2,1H3,(H3,9,11,13). The summed E-state index contributed by atoms with van der Waals surface area (Å²) in [5.74, 6) is 0.654. The Hall–Kier alpha value is -1.52. The number of hydrogen-bond donors (Lipinski definition) is 2. The van der Waals surface area contributed by atoms with Crippen molar-refractivity contribution in [3.8, 4) is 0 Å². The molecule has 1 heterocycles. The molecule has 1 aromatic heterocycles. The van der Waals surface area contributed by atoms with Gasteiger partial charge in [-0.3, -0.25) is 5.32 Å². The molecule has 0 aromatic carbocycles. The van der Waals surface area contributed by atoms with Gasteiger partial charge in [0.05, 0.1) is 6.20 Å². The largest absolute Gasteiger partial charge is 0.351 e. The molecule has 0 aliphatic heterocycles. The van der Waals surface area contributed by atoms with Crippen LogP contribution in [0.5, 0.6) is 0 Å². The summed E-state index contributed by atoms with van der Waals surface area (Å²) < 4.78 is 1.73. The summed E-state index contributed by atoms with van der Waals surface area (Å²) >= 11 is 0. The number of carbonyl (C=O) groups is 1. The number of aryl methyl sites for hydroxylation is 1. The average Bonchev–Trinajstić information content (AvgIpc) is 2.48. The molecule has 0 saturated heterocycles. The number of nitrogens with zero attached hydrogens (tertiary/aromatic N) is 2. The summed E-state index contributed by atoms with van der Waals surface area (Å²) in [6, 6.07) is 1.17. The van der Waals surface area contributed by atoms with Crippen molar-refractivity contribution in [2.24, 2.45) is 5.73 Å². The Morgan fingerprint density at radius 3 is 3.15 bits per heavy atom. The normalized spacial score (nSPS) is 9.92. The highest BCUT2D eigenvalue weighted by atomic mass is 16.2. The summed E-state index contributed by atoms with van der Waals surface area (Å²) in [7, 11) is 0. The molecular formula is C8H14N4O. The Bertz CT molecular complexity index is 281. The lowest BCUT2D eigenvalue weighted by atomic mass is 10.3. The van der Waals surface area contributed by atoms with E-state index in [1.54, 1.807) is 16.9 Å². The molecule has 13 heavy (non-hydrogen) atoms. The van der Waals surface area contributed by atoms with Gasteiger partial charge in [-0.15, -0.1) is 0 Å². The molecule has 0 fully saturated rings. The summed E-state index contributed by atoms with van der Waals surface area (Å²) in [6.45, 7) is 2.91. The number of amides is 2. The Morgan fingerprint density at radius 2 is 2.54 bits per heavy atom. The van der Waals surface area contributed by atoms with Crippen LogP contribution in [0.3, 0.4) is 0 Å². The molecule has 72 valence electrons. The van der Waals surface area contributed by atoms with Crippen LogP contribution >= 0.6 is 0 Å². The second-order valence-corrected chi connectivity index (χ2v) is 2.78. The molecule has 0 saturated carbocycles. The van der Waals surface area contributed by atoms with Crippen molar-refractivity contribution in [3.63, 3.8) is 0 Å². The minimum absolute atomic E-state index is 0.557. The van der Waals surface area contributed by atoms with Crippen LogP contribution in [0.2, 0.25) is 0 Å². The zero-order chi connectivity index (χ0) is 9.68. The second-order valence-electron chi connectivity index (χ2n) is 2.78. The molecule has 0 bridgehead atoms. The van der Waals surface area contributed by atoms with Gasteiger partial charge in [0.2, 0.25) is 0 Å². The first-order chi connectivity index (χ1) is 6.24. The zero-order valence-electron chi connectivity index (χ0n) is 7.66. The van der Waals surface area contributed by atoms with Crippen LogP contribution in [0, 0.1) is 0 Å². The van der Waals surface area contributed by atoms with Crippen molar-refractivity contribution in [1.82, 2.24) is 9.78 Å². The number of primary amides is 1. The van der Waals surface area contributed by atoms with Crippen LogP contribution in [0.4, 0.5) is 10.6 Å². The predicted octanol–water partition coefficient (Wildman–Crippen LogP) is 1.17. The fourth-order valence-corrected chi connectivity index (χ4v) is 1.05. The number of urea groups is 1. The van der Waals surface area contributed by atoms with Gasteiger partial charge in [-0.2, -0.15) is 5.10 Å². The first kappa shape index (κ1) is 9.57. The van der Waals surface area contributed by atoms with Crippen molar-refractivity contribution in [1.29, 1.82) is 0 Å². The van der Waals surface area contributed by atoms with Gasteiger partial charge in [0, 0.05) is 12.6 Å². The number of anilines is 1. The quantitative estimate of drug-likeness (QED) is 0.733. The first-order valence-corrected chi connectivity index (χ1v) is 4.32. The van der Waals surface area contributed by atoms with E-state index in [1.165, 1.54) is 0 Å². The first-order valence-electron chi connectivity index (χ1n) is 4.32. The van der Waals surface area contributed by atoms with E-state index in [-0.39, 0.29) is 0 Å². The molecule has 1 aromatic rings. The van der Waals surface area contributed by atoms with E-state index in [4.69, 9.17) is 5.73 Å². The molecule has 0 aliphatic rings. The van der Waals surface area contributed by atoms with Crippen LogP contribution in [-0.2, 0) is 6.54 Å². The van der Waals surface area contributed by atoms with E-state index >= 15 is 0 Å². The third kappa shape index (κ3) is 2.77. The molecular weight excluding hydrogens is 168 g/mol. The molecule has 0 radical (unpaired) electrons. The van der Waals surface area contributed by atoms with Gasteiger partial charge in [-0.1, -0.05) is 13.3 Å². The van der Waals surface area contributed by atoms with Crippen LogP contribution in [0.15, 0.2) is 12.3 Å². The summed E-state index contributed by atoms with van der Waals surface area (Å²) in [6.07, 6.45) is 3.77. The third-order valence-corrected chi connectivity index (χ3v) is 1.69. The monoisotopic (exact) mass is 182 g/mol. The van der Waals surface area contributed by atoms with E-state index in [2.05, 4.69) is 17.3 Å². The SMILES string of the molecule is CCCCn1nccc1NC(N)=O. The lowest BCUT2D eigenvalue weighted by Crippen LogP contribution is -2.21. The molecule has 0 aliphatic carbocycles. The number of carbonyl (C=O) groups excluding carboxylic acids is 1. The highest BCUT2D eigenvalue weighted by Gasteiger charge is 2.02. The fourth-order valence-electron chi connectivity index (χ4n) is 1.05. The van der Waals surface area contributed by atoms with Crippen LogP contribution < -0.4 is 11.1 Å². The minimum Gasteiger partial charge on any atom is -0.351 e. The Balaban J connectivity index is 2.60. The van der Waals surface area contributed by atoms with Crippen molar-refractivity contribution >= 4 is 11.8 Å². The van der Waals surface area contributed by atoms with E-state index in [1.807, 2.05) is 0 Å². The molecule has 2 amide bonds. The van der Waals surface area contributed by atoms with Crippen LogP contribution in [0.25, 0.3) is 0 Å². The molecule has 0 unspecified atom stereocenters. The van der Waals surface area contributed by atoms with Gasteiger partial charge in [-0.05, 0) is 6.42 Å². The van der Waals surface area contributed by atoms with Gasteiger partial charge in [0.15, 0.2) is 0 Å². The van der Waals surface area contributed by atoms with Crippen molar-refractivity contribution in [2.75, 3.05) is 5.32 Å². The van der Waals surface area contributed by atoms with Gasteiger partial charge >= 0.3 is 6.03 Å².